The summed E-state index contributed by atoms with van der Waals surface area (Å²) in [5, 5.41) is 3.36. The van der Waals surface area contributed by atoms with Crippen LogP contribution in [-0.2, 0) is 14.3 Å². The van der Waals surface area contributed by atoms with E-state index in [1.54, 1.807) is 49.4 Å². The van der Waals surface area contributed by atoms with E-state index in [9.17, 15) is 9.59 Å². The van der Waals surface area contributed by atoms with Crippen LogP contribution in [0.3, 0.4) is 0 Å². The monoisotopic (exact) mass is 381 g/mol. The van der Waals surface area contributed by atoms with Crippen molar-refractivity contribution in [2.24, 2.45) is 0 Å². The highest BCUT2D eigenvalue weighted by Crippen LogP contribution is 2.22. The number of nitrogens with one attached hydrogen (secondary N) is 1. The fraction of sp³-hybridized carbons (Fsp3) is 0.222. The topological polar surface area (TPSA) is 64.6 Å². The van der Waals surface area contributed by atoms with Crippen LogP contribution in [0, 0.1) is 0 Å². The molecule has 0 aliphatic rings. The van der Waals surface area contributed by atoms with Crippen molar-refractivity contribution >= 4 is 40.8 Å². The molecule has 0 bridgehead atoms. The number of rotatable bonds is 6. The van der Waals surface area contributed by atoms with Gasteiger partial charge in [0, 0.05) is 15.7 Å². The highest BCUT2D eigenvalue weighted by Gasteiger charge is 2.23. The van der Waals surface area contributed by atoms with E-state index in [1.165, 1.54) is 6.92 Å². The molecule has 1 N–H and O–H groups in total. The van der Waals surface area contributed by atoms with Gasteiger partial charge in [0.2, 0.25) is 0 Å². The van der Waals surface area contributed by atoms with Gasteiger partial charge in [0.25, 0.3) is 5.91 Å². The molecule has 0 heterocycles. The van der Waals surface area contributed by atoms with Gasteiger partial charge >= 0.3 is 5.97 Å². The van der Waals surface area contributed by atoms with Gasteiger partial charge in [0.1, 0.15) is 5.75 Å². The second kappa shape index (κ2) is 8.74. The van der Waals surface area contributed by atoms with Gasteiger partial charge in [-0.1, -0.05) is 41.4 Å². The van der Waals surface area contributed by atoms with E-state index in [4.69, 9.17) is 32.7 Å². The lowest BCUT2D eigenvalue weighted by Crippen LogP contribution is -2.35. The molecule has 25 heavy (non-hydrogen) atoms. The van der Waals surface area contributed by atoms with Gasteiger partial charge in [-0.15, -0.1) is 0 Å². The number of hydrogen-bond acceptors (Lipinski definition) is 4. The van der Waals surface area contributed by atoms with Crippen molar-refractivity contribution < 1.29 is 19.1 Å². The third-order valence-corrected chi connectivity index (χ3v) is 3.62. The molecule has 2 aromatic rings. The number of carbonyl (C=O) groups excluding carboxylic acids is 2. The minimum atomic E-state index is -1.01. The fourth-order valence-corrected chi connectivity index (χ4v) is 2.47. The summed E-state index contributed by atoms with van der Waals surface area (Å²) in [5.41, 5.74) is 0.416. The van der Waals surface area contributed by atoms with Crippen molar-refractivity contribution in [2.45, 2.75) is 26.1 Å². The molecule has 5 nitrogen and oxygen atoms in total. The largest absolute Gasteiger partial charge is 0.479 e. The van der Waals surface area contributed by atoms with E-state index >= 15 is 0 Å². The summed E-state index contributed by atoms with van der Waals surface area (Å²) in [6, 6.07) is 13.5. The fourth-order valence-electron chi connectivity index (χ4n) is 1.94. The Balaban J connectivity index is 1.90. The maximum Gasteiger partial charge on any atom is 0.347 e. The number of carbonyl (C=O) groups is 2. The maximum atomic E-state index is 12.1. The number of hydrogen-bond donors (Lipinski definition) is 1. The molecule has 0 radical (unpaired) electrons. The van der Waals surface area contributed by atoms with Crippen molar-refractivity contribution in [3.8, 4) is 5.75 Å². The van der Waals surface area contributed by atoms with Crippen LogP contribution in [0.2, 0.25) is 10.0 Å². The van der Waals surface area contributed by atoms with Crippen molar-refractivity contribution in [2.75, 3.05) is 5.32 Å². The third kappa shape index (κ3) is 5.96. The normalized spacial score (nSPS) is 12.8. The molecule has 0 spiro atoms. The molecule has 0 aliphatic heterocycles. The van der Waals surface area contributed by atoms with E-state index in [0.717, 1.165) is 0 Å². The Bertz CT molecular complexity index is 732. The van der Waals surface area contributed by atoms with Crippen LogP contribution in [0.15, 0.2) is 48.5 Å². The Morgan fingerprint density at radius 1 is 0.960 bits per heavy atom. The highest BCUT2D eigenvalue weighted by atomic mass is 35.5. The summed E-state index contributed by atoms with van der Waals surface area (Å²) < 4.78 is 10.6. The molecule has 0 fully saturated rings. The van der Waals surface area contributed by atoms with E-state index < -0.39 is 24.1 Å². The summed E-state index contributed by atoms with van der Waals surface area (Å²) in [5.74, 6) is -0.605. The van der Waals surface area contributed by atoms with Crippen LogP contribution in [0.5, 0.6) is 5.75 Å². The molecule has 0 saturated heterocycles. The van der Waals surface area contributed by atoms with E-state index in [0.29, 0.717) is 21.5 Å². The second-order valence-corrected chi connectivity index (χ2v) is 6.17. The first-order valence-electron chi connectivity index (χ1n) is 7.54. The third-order valence-electron chi connectivity index (χ3n) is 3.18. The smallest absolute Gasteiger partial charge is 0.347 e. The minimum Gasteiger partial charge on any atom is -0.479 e. The second-order valence-electron chi connectivity index (χ2n) is 5.30. The summed E-state index contributed by atoms with van der Waals surface area (Å²) >= 11 is 11.8. The molecule has 2 atom stereocenters. The Hall–Kier alpha value is -2.24. The number of anilines is 1. The maximum absolute atomic E-state index is 12.1. The molecule has 1 amide bonds. The Morgan fingerprint density at radius 3 is 2.16 bits per heavy atom. The average Bonchev–Trinajstić information content (AvgIpc) is 2.54. The summed E-state index contributed by atoms with van der Waals surface area (Å²) in [7, 11) is 0. The molecular formula is C18H17Cl2NO4. The van der Waals surface area contributed by atoms with Gasteiger partial charge < -0.3 is 14.8 Å². The minimum absolute atomic E-state index is 0.386. The Labute approximate surface area is 155 Å². The van der Waals surface area contributed by atoms with Gasteiger partial charge in [-0.25, -0.2) is 4.79 Å². The first-order chi connectivity index (χ1) is 11.8. The summed E-state index contributed by atoms with van der Waals surface area (Å²) in [6.45, 7) is 3.02. The lowest BCUT2D eigenvalue weighted by atomic mass is 10.3. The van der Waals surface area contributed by atoms with Crippen LogP contribution in [0.4, 0.5) is 5.69 Å². The SMILES string of the molecule is C[C@H](OC(=O)[C@@H](C)Oc1ccccc1)C(=O)Nc1cc(Cl)cc(Cl)c1. The van der Waals surface area contributed by atoms with Gasteiger partial charge in [0.15, 0.2) is 12.2 Å². The van der Waals surface area contributed by atoms with Crippen LogP contribution in [0.1, 0.15) is 13.8 Å². The average molecular weight is 382 g/mol. The molecule has 2 aromatic carbocycles. The van der Waals surface area contributed by atoms with Crippen molar-refractivity contribution in [3.63, 3.8) is 0 Å². The molecule has 7 heteroatoms. The predicted molar refractivity (Wildman–Crippen MR) is 97.2 cm³/mol. The lowest BCUT2D eigenvalue weighted by Gasteiger charge is -2.18. The standard InChI is InChI=1S/C18H17Cl2NO4/c1-11(17(22)21-15-9-13(19)8-14(20)10-15)25-18(23)12(2)24-16-6-4-3-5-7-16/h3-12H,1-2H3,(H,21,22)/t11-,12+/m0/s1. The molecule has 0 aliphatic carbocycles. The van der Waals surface area contributed by atoms with Crippen LogP contribution in [-0.4, -0.2) is 24.1 Å². The quantitative estimate of drug-likeness (QED) is 0.756. The Kier molecular flexibility index (Phi) is 6.67. The molecular weight excluding hydrogens is 365 g/mol. The zero-order valence-corrected chi connectivity index (χ0v) is 15.2. The summed E-state index contributed by atoms with van der Waals surface area (Å²) in [4.78, 5) is 24.2. The Morgan fingerprint density at radius 2 is 1.56 bits per heavy atom. The summed E-state index contributed by atoms with van der Waals surface area (Å²) in [6.07, 6.45) is -1.86. The molecule has 132 valence electrons. The number of halogens is 2. The first kappa shape index (κ1) is 19.1. The molecule has 2 rings (SSSR count). The zero-order valence-electron chi connectivity index (χ0n) is 13.7. The van der Waals surface area contributed by atoms with Crippen LogP contribution < -0.4 is 10.1 Å². The number of esters is 1. The predicted octanol–water partition coefficient (Wildman–Crippen LogP) is 4.33. The van der Waals surface area contributed by atoms with E-state index in [-0.39, 0.29) is 0 Å². The van der Waals surface area contributed by atoms with Gasteiger partial charge in [0.05, 0.1) is 0 Å². The molecule has 0 saturated carbocycles. The van der Waals surface area contributed by atoms with Gasteiger partial charge in [-0.3, -0.25) is 4.79 Å². The zero-order chi connectivity index (χ0) is 18.4. The van der Waals surface area contributed by atoms with Crippen LogP contribution >= 0.6 is 23.2 Å². The highest BCUT2D eigenvalue weighted by molar-refractivity contribution is 6.35. The van der Waals surface area contributed by atoms with Gasteiger partial charge in [-0.2, -0.15) is 0 Å². The van der Waals surface area contributed by atoms with Crippen LogP contribution in [0.25, 0.3) is 0 Å². The molecule has 0 aromatic heterocycles. The number of para-hydroxylation sites is 1. The number of ether oxygens (including phenoxy) is 2. The number of amides is 1. The van der Waals surface area contributed by atoms with Crippen molar-refractivity contribution in [3.05, 3.63) is 58.6 Å². The lowest BCUT2D eigenvalue weighted by molar-refractivity contribution is -0.159. The molecule has 0 unspecified atom stereocenters. The first-order valence-corrected chi connectivity index (χ1v) is 8.30. The van der Waals surface area contributed by atoms with Crippen molar-refractivity contribution in [1.29, 1.82) is 0 Å². The number of benzene rings is 2. The van der Waals surface area contributed by atoms with Crippen molar-refractivity contribution in [1.82, 2.24) is 0 Å². The van der Waals surface area contributed by atoms with E-state index in [2.05, 4.69) is 5.32 Å². The van der Waals surface area contributed by atoms with E-state index in [1.807, 2.05) is 6.07 Å². The van der Waals surface area contributed by atoms with Gasteiger partial charge in [-0.05, 0) is 44.2 Å².